The third kappa shape index (κ3) is 3.81. The van der Waals surface area contributed by atoms with Gasteiger partial charge >= 0.3 is 6.01 Å². The molecule has 0 aliphatic carbocycles. The van der Waals surface area contributed by atoms with Crippen LogP contribution >= 0.6 is 0 Å². The van der Waals surface area contributed by atoms with E-state index in [0.29, 0.717) is 25.5 Å². The van der Waals surface area contributed by atoms with Crippen LogP contribution in [0.4, 0.5) is 0 Å². The average Bonchev–Trinajstić information content (AvgIpc) is 3.13. The first kappa shape index (κ1) is 19.4. The number of nitrogens with zero attached hydrogens (tertiary/aromatic N) is 4. The number of rotatable bonds is 4. The van der Waals surface area contributed by atoms with E-state index < -0.39 is 0 Å². The minimum Gasteiger partial charge on any atom is -0.467 e. The minimum atomic E-state index is 0.182. The van der Waals surface area contributed by atoms with Crippen LogP contribution in [0.1, 0.15) is 38.9 Å². The van der Waals surface area contributed by atoms with Crippen LogP contribution in [0.15, 0.2) is 53.8 Å². The molecule has 0 fully saturated rings. The van der Waals surface area contributed by atoms with E-state index in [1.165, 1.54) is 16.7 Å². The van der Waals surface area contributed by atoms with E-state index in [4.69, 9.17) is 9.73 Å². The summed E-state index contributed by atoms with van der Waals surface area (Å²) in [7, 11) is 1.55. The number of hydrogen-bond donors (Lipinski definition) is 0. The van der Waals surface area contributed by atoms with Crippen molar-refractivity contribution in [1.29, 1.82) is 0 Å². The van der Waals surface area contributed by atoms with Gasteiger partial charge in [0.15, 0.2) is 0 Å². The quantitative estimate of drug-likeness (QED) is 0.660. The number of aryl methyl sites for hydroxylation is 1. The molecule has 5 rings (SSSR count). The topological polar surface area (TPSA) is 67.7 Å². The Bertz CT molecular complexity index is 1170. The maximum atomic E-state index is 13.0. The van der Waals surface area contributed by atoms with E-state index in [-0.39, 0.29) is 5.91 Å². The molecule has 1 amide bonds. The number of benzene rings is 2. The number of carbonyl (C=O) groups excluding carboxylic acids is 1. The fraction of sp³-hybridized carbons (Fsp3) is 0.280. The van der Waals surface area contributed by atoms with Gasteiger partial charge in [0.1, 0.15) is 0 Å². The van der Waals surface area contributed by atoms with Gasteiger partial charge in [-0.1, -0.05) is 35.9 Å². The number of amides is 1. The Hall–Kier alpha value is -3.54. The number of aliphatic imine (C=N–C) groups is 1. The molecule has 0 saturated carbocycles. The number of methoxy groups -OCH3 is 1. The third-order valence-corrected chi connectivity index (χ3v) is 6.01. The van der Waals surface area contributed by atoms with Crippen LogP contribution in [0, 0.1) is 6.92 Å². The monoisotopic (exact) mass is 412 g/mol. The second-order valence-corrected chi connectivity index (χ2v) is 8.13. The summed E-state index contributed by atoms with van der Waals surface area (Å²) in [5.74, 6) is 0.182. The molecule has 31 heavy (non-hydrogen) atoms. The fourth-order valence-electron chi connectivity index (χ4n) is 4.26. The fourth-order valence-corrected chi connectivity index (χ4v) is 4.26. The lowest BCUT2D eigenvalue weighted by Crippen LogP contribution is -2.31. The molecule has 0 saturated heterocycles. The maximum absolute atomic E-state index is 13.0. The Morgan fingerprint density at radius 3 is 2.55 bits per heavy atom. The van der Waals surface area contributed by atoms with E-state index >= 15 is 0 Å². The van der Waals surface area contributed by atoms with Gasteiger partial charge in [0, 0.05) is 36.6 Å². The Balaban J connectivity index is 1.39. The van der Waals surface area contributed by atoms with E-state index in [1.54, 1.807) is 19.5 Å². The molecule has 3 heterocycles. The third-order valence-electron chi connectivity index (χ3n) is 6.01. The Labute approximate surface area is 181 Å². The molecule has 1 aromatic heterocycles. The summed E-state index contributed by atoms with van der Waals surface area (Å²) in [5, 5.41) is 0. The van der Waals surface area contributed by atoms with Gasteiger partial charge in [0.2, 0.25) is 5.91 Å². The van der Waals surface area contributed by atoms with Gasteiger partial charge < -0.3 is 9.64 Å². The van der Waals surface area contributed by atoms with Crippen molar-refractivity contribution >= 4 is 11.6 Å². The number of hydrogen-bond acceptors (Lipinski definition) is 5. The molecule has 6 nitrogen and oxygen atoms in total. The molecule has 3 aromatic rings. The summed E-state index contributed by atoms with van der Waals surface area (Å²) in [6.07, 6.45) is 4.78. The lowest BCUT2D eigenvalue weighted by molar-refractivity contribution is -0.130. The zero-order valence-corrected chi connectivity index (χ0v) is 17.8. The zero-order valence-electron chi connectivity index (χ0n) is 17.8. The largest absolute Gasteiger partial charge is 0.467 e. The summed E-state index contributed by atoms with van der Waals surface area (Å²) in [4.78, 5) is 28.1. The van der Waals surface area contributed by atoms with Gasteiger partial charge in [0.25, 0.3) is 0 Å². The number of carbonyl (C=O) groups is 1. The highest BCUT2D eigenvalue weighted by Gasteiger charge is 2.25. The first-order valence-electron chi connectivity index (χ1n) is 10.5. The highest BCUT2D eigenvalue weighted by molar-refractivity contribution is 6.15. The highest BCUT2D eigenvalue weighted by atomic mass is 16.5. The van der Waals surface area contributed by atoms with Crippen molar-refractivity contribution in [3.8, 4) is 6.01 Å². The summed E-state index contributed by atoms with van der Waals surface area (Å²) < 4.78 is 5.06. The second-order valence-electron chi connectivity index (χ2n) is 8.13. The summed E-state index contributed by atoms with van der Waals surface area (Å²) >= 11 is 0. The predicted octanol–water partition coefficient (Wildman–Crippen LogP) is 3.27. The lowest BCUT2D eigenvalue weighted by atomic mass is 9.93. The summed E-state index contributed by atoms with van der Waals surface area (Å²) in [6.45, 7) is 4.07. The van der Waals surface area contributed by atoms with Gasteiger partial charge in [-0.05, 0) is 41.7 Å². The molecular formula is C25H24N4O2. The molecule has 0 bridgehead atoms. The van der Waals surface area contributed by atoms with E-state index in [0.717, 1.165) is 40.9 Å². The van der Waals surface area contributed by atoms with Crippen LogP contribution in [0.5, 0.6) is 6.01 Å². The number of ether oxygens (including phenoxy) is 1. The van der Waals surface area contributed by atoms with Crippen LogP contribution in [0.3, 0.4) is 0 Å². The van der Waals surface area contributed by atoms with Crippen LogP contribution in [0.2, 0.25) is 0 Å². The van der Waals surface area contributed by atoms with Crippen LogP contribution in [-0.2, 0) is 30.7 Å². The highest BCUT2D eigenvalue weighted by Crippen LogP contribution is 2.29. The van der Waals surface area contributed by atoms with Gasteiger partial charge in [-0.3, -0.25) is 9.79 Å². The van der Waals surface area contributed by atoms with Crippen molar-refractivity contribution in [3.05, 3.63) is 87.7 Å². The lowest BCUT2D eigenvalue weighted by Gasteiger charge is -2.20. The van der Waals surface area contributed by atoms with Crippen molar-refractivity contribution in [1.82, 2.24) is 14.9 Å². The summed E-state index contributed by atoms with van der Waals surface area (Å²) in [5.41, 5.74) is 8.81. The van der Waals surface area contributed by atoms with Crippen LogP contribution < -0.4 is 4.74 Å². The Morgan fingerprint density at radius 1 is 1.03 bits per heavy atom. The smallest absolute Gasteiger partial charge is 0.316 e. The SMILES string of the molecule is COc1ncc(C2=NCc3cc4c(cc32)CCN(Cc2ccc(C)cc2)C(=O)C4)cn1. The molecule has 2 aliphatic rings. The van der Waals surface area contributed by atoms with Crippen molar-refractivity contribution in [2.24, 2.45) is 4.99 Å². The van der Waals surface area contributed by atoms with Gasteiger partial charge in [-0.2, -0.15) is 0 Å². The normalized spacial score (nSPS) is 15.2. The Morgan fingerprint density at radius 2 is 1.81 bits per heavy atom. The molecule has 0 atom stereocenters. The van der Waals surface area contributed by atoms with Gasteiger partial charge in [0.05, 0.1) is 25.8 Å². The molecular weight excluding hydrogens is 388 g/mol. The molecule has 156 valence electrons. The van der Waals surface area contributed by atoms with Crippen LogP contribution in [0.25, 0.3) is 0 Å². The van der Waals surface area contributed by atoms with E-state index in [9.17, 15) is 4.79 Å². The molecule has 0 radical (unpaired) electrons. The first-order chi connectivity index (χ1) is 15.1. The average molecular weight is 412 g/mol. The van der Waals surface area contributed by atoms with E-state index in [1.807, 2.05) is 4.90 Å². The van der Waals surface area contributed by atoms with Gasteiger partial charge in [-0.15, -0.1) is 0 Å². The maximum Gasteiger partial charge on any atom is 0.316 e. The molecule has 2 aliphatic heterocycles. The predicted molar refractivity (Wildman–Crippen MR) is 118 cm³/mol. The van der Waals surface area contributed by atoms with Crippen molar-refractivity contribution in [2.75, 3.05) is 13.7 Å². The van der Waals surface area contributed by atoms with Crippen molar-refractivity contribution in [3.63, 3.8) is 0 Å². The molecule has 0 unspecified atom stereocenters. The minimum absolute atomic E-state index is 0.182. The molecule has 0 spiro atoms. The molecule has 0 N–H and O–H groups in total. The number of fused-ring (bicyclic) bond motifs is 2. The molecule has 6 heteroatoms. The van der Waals surface area contributed by atoms with E-state index in [2.05, 4.69) is 53.3 Å². The Kier molecular flexibility index (Phi) is 4.98. The standard InChI is InChI=1S/C25H24N4O2/c1-16-3-5-17(6-4-16)15-29-8-7-18-10-22-20(9-19(18)11-23(29)30)12-26-24(22)21-13-27-25(31-2)28-14-21/h3-6,9-10,13-14H,7-8,11-12,15H2,1-2H3. The summed E-state index contributed by atoms with van der Waals surface area (Å²) in [6, 6.07) is 13.1. The van der Waals surface area contributed by atoms with Crippen molar-refractivity contribution in [2.45, 2.75) is 32.9 Å². The molecule has 2 aromatic carbocycles. The first-order valence-corrected chi connectivity index (χ1v) is 10.5. The van der Waals surface area contributed by atoms with Gasteiger partial charge in [-0.25, -0.2) is 9.97 Å². The zero-order chi connectivity index (χ0) is 21.4. The van der Waals surface area contributed by atoms with Crippen molar-refractivity contribution < 1.29 is 9.53 Å². The second kappa shape index (κ2) is 7.95. The van der Waals surface area contributed by atoms with Crippen LogP contribution in [-0.4, -0.2) is 40.1 Å². The number of aromatic nitrogens is 2.